The standard InChI is InChI=1S/C44H52BNO5.C38H42BNO5.C2H4O2.IO4.H3N.Na/c1-40(2,3)49-39(47)38-43(31-48-29-32-19-10-8-11-20-32,27-18-28-45-50-41(4,5)42(6,7)51-45)30-46(38)44(33-21-12-9-13-22-33)36-25-16-14-23-34(36)35-24-15-17-26-37(35)44;1-36(2,3)45-35(41)34-37(23-14-24-39(42)43,27-44-25-28-15-6-4-7-16-28)26-40(34)38(29-17-8-5-9-18-29)32-21-12-10-19-30(32)31-20-11-13-22-33(31)38;1-2(3)4;2-1(3,4)5;;/h8-17,19-26,38H,18,27-31H2,1-7H3;4-13,15-22,34,42-43H,14,23-27H2,1-3H3;1H3,(H,3,4);;1H3;/q;;;-1;;+1/t38-,43-;34-,37-;;;;/m11..../s1. The number of fused-ring (bicyclic) bond motifs is 6. The minimum atomic E-state index is -5.94. The molecule has 8 aromatic rings. The van der Waals surface area contributed by atoms with Crippen molar-refractivity contribution in [3.8, 4) is 22.3 Å². The Bertz CT molecular complexity index is 4120. The van der Waals surface area contributed by atoms with Crippen molar-refractivity contribution in [1.29, 1.82) is 0 Å². The zero-order valence-electron chi connectivity index (χ0n) is 63.7. The van der Waals surface area contributed by atoms with Crippen LogP contribution in [0.2, 0.25) is 12.6 Å². The summed E-state index contributed by atoms with van der Waals surface area (Å²) in [6.45, 7) is 23.8. The van der Waals surface area contributed by atoms with Gasteiger partial charge in [-0.2, -0.15) is 0 Å². The second kappa shape index (κ2) is 35.7. The van der Waals surface area contributed by atoms with Crippen LogP contribution in [0.4, 0.5) is 0 Å². The second-order valence-corrected chi connectivity index (χ2v) is 33.2. The van der Waals surface area contributed by atoms with Gasteiger partial charge in [-0.15, -0.1) is 0 Å². The fraction of sp³-hybridized carbons (Fsp3) is 0.393. The number of rotatable bonds is 22. The summed E-state index contributed by atoms with van der Waals surface area (Å²) in [5.74, 6) is -1.34. The smallest absolute Gasteiger partial charge is 0.481 e. The average molecular weight is 1580 g/mol. The number of benzene rings is 8. The molecule has 0 aromatic heterocycles. The molecule has 3 heterocycles. The van der Waals surface area contributed by atoms with E-state index in [9.17, 15) is 19.6 Å². The Morgan fingerprint density at radius 2 is 0.785 bits per heavy atom. The van der Waals surface area contributed by atoms with Crippen molar-refractivity contribution >= 4 is 32.1 Å². The molecule has 107 heavy (non-hydrogen) atoms. The number of nitrogens with zero attached hydrogens (tertiary/aromatic N) is 2. The van der Waals surface area contributed by atoms with Gasteiger partial charge in [0.15, 0.2) is 0 Å². The fourth-order valence-electron chi connectivity index (χ4n) is 16.0. The number of halogens is 1. The summed E-state index contributed by atoms with van der Waals surface area (Å²) in [5, 5.41) is 26.9. The first-order valence-electron chi connectivity index (χ1n) is 35.9. The number of carboxylic acids is 1. The van der Waals surface area contributed by atoms with E-state index in [1.807, 2.05) is 96.1 Å². The van der Waals surface area contributed by atoms with Crippen molar-refractivity contribution in [2.45, 2.75) is 173 Å². The van der Waals surface area contributed by atoms with E-state index in [0.29, 0.717) is 52.4 Å². The Morgan fingerprint density at radius 1 is 0.505 bits per heavy atom. The second-order valence-electron chi connectivity index (χ2n) is 31.0. The average Bonchev–Trinajstić information content (AvgIpc) is 1.58. The zero-order chi connectivity index (χ0) is 75.8. The summed E-state index contributed by atoms with van der Waals surface area (Å²) in [4.78, 5) is 43.1. The Morgan fingerprint density at radius 3 is 1.08 bits per heavy atom. The topological polar surface area (TPSA) is 301 Å². The maximum atomic E-state index is 14.9. The van der Waals surface area contributed by atoms with Crippen LogP contribution in [0, 0.1) is 10.8 Å². The number of hydrogen-bond acceptors (Lipinski definition) is 18. The summed E-state index contributed by atoms with van der Waals surface area (Å²) in [6.07, 6.45) is 3.62. The third kappa shape index (κ3) is 19.5. The fourth-order valence-corrected chi connectivity index (χ4v) is 16.0. The van der Waals surface area contributed by atoms with Crippen LogP contribution >= 0.6 is 0 Å². The molecule has 0 amide bonds. The number of likely N-dealkylation sites (tertiary alicyclic amines) is 2. The minimum absolute atomic E-state index is 0. The van der Waals surface area contributed by atoms with Gasteiger partial charge in [-0.3, -0.25) is 37.9 Å². The van der Waals surface area contributed by atoms with Gasteiger partial charge in [0.25, 0.3) is 5.97 Å². The number of carbonyl (C=O) groups is 3. The van der Waals surface area contributed by atoms with E-state index < -0.39 is 89.6 Å². The Kier molecular flexibility index (Phi) is 28.7. The van der Waals surface area contributed by atoms with Gasteiger partial charge < -0.3 is 49.6 Å². The molecule has 0 spiro atoms. The van der Waals surface area contributed by atoms with E-state index in [4.69, 9.17) is 51.9 Å². The van der Waals surface area contributed by atoms with E-state index in [-0.39, 0.29) is 61.1 Å². The van der Waals surface area contributed by atoms with Crippen LogP contribution in [0.15, 0.2) is 218 Å². The molecule has 3 saturated heterocycles. The molecular weight excluding hydrogens is 1480 g/mol. The van der Waals surface area contributed by atoms with Gasteiger partial charge in [0.1, 0.15) is 43.4 Å². The van der Waals surface area contributed by atoms with Crippen LogP contribution < -0.4 is 69.5 Å². The third-order valence-electron chi connectivity index (χ3n) is 20.7. The number of ether oxygens (including phenoxy) is 4. The number of hydrogen-bond donors (Lipinski definition) is 4. The number of carboxylic acid groups (broad SMARTS) is 1. The maximum Gasteiger partial charge on any atom is 1.00 e. The molecule has 19 nitrogen and oxygen atoms in total. The first-order chi connectivity index (χ1) is 49.7. The largest absolute Gasteiger partial charge is 1.00 e. The zero-order valence-corrected chi connectivity index (χ0v) is 67.9. The molecule has 6 N–H and O–H groups in total. The first-order valence-corrected chi connectivity index (χ1v) is 39.4. The van der Waals surface area contributed by atoms with Crippen molar-refractivity contribution in [2.24, 2.45) is 10.8 Å². The molecule has 23 heteroatoms. The van der Waals surface area contributed by atoms with E-state index in [2.05, 4.69) is 201 Å². The molecule has 0 bridgehead atoms. The van der Waals surface area contributed by atoms with E-state index >= 15 is 0 Å². The molecule has 2 aliphatic carbocycles. The van der Waals surface area contributed by atoms with Crippen LogP contribution in [0.3, 0.4) is 0 Å². The quantitative estimate of drug-likeness (QED) is 0.0394. The maximum absolute atomic E-state index is 14.9. The van der Waals surface area contributed by atoms with Crippen molar-refractivity contribution < 1.29 is 121 Å². The SMILES string of the molecule is CC(=O)O.CC(C)(C)OC(=O)[C@H]1N(C2(c3ccccc3)c3ccccc3-c3ccccc32)C[C@]1(CCCB(O)O)COCc1ccccc1.CC(C)(C)OC(=O)[C@H]1N(C2(c3ccccc3)c3ccccc3-c3ccccc32)C[C@]1(CCCB1OC(C)(C)C(C)(C)O1)COCc1ccccc1.N.[Na+].[O-][I+3]([O-])([O-])[O-]. The molecule has 0 saturated carbocycles. The summed E-state index contributed by atoms with van der Waals surface area (Å²) in [5.41, 5.74) is 8.98. The number of aliphatic carboxylic acids is 1. The molecule has 3 aliphatic heterocycles. The Balaban J connectivity index is 0.000000240. The van der Waals surface area contributed by atoms with Crippen LogP contribution in [-0.4, -0.2) is 118 Å². The molecule has 0 unspecified atom stereocenters. The third-order valence-corrected chi connectivity index (χ3v) is 20.7. The van der Waals surface area contributed by atoms with Crippen molar-refractivity contribution in [1.82, 2.24) is 16.0 Å². The normalized spacial score (nSPS) is 20.2. The molecule has 4 atom stereocenters. The van der Waals surface area contributed by atoms with Gasteiger partial charge in [0.05, 0.1) is 48.7 Å². The van der Waals surface area contributed by atoms with Crippen molar-refractivity contribution in [3.63, 3.8) is 0 Å². The molecule has 3 fully saturated rings. The molecule has 0 radical (unpaired) electrons. The molecule has 13 rings (SSSR count). The van der Waals surface area contributed by atoms with Crippen LogP contribution in [0.5, 0.6) is 0 Å². The van der Waals surface area contributed by atoms with E-state index in [1.165, 1.54) is 22.3 Å². The van der Waals surface area contributed by atoms with Crippen molar-refractivity contribution in [3.05, 3.63) is 263 Å². The predicted octanol–water partition coefficient (Wildman–Crippen LogP) is 5.01. The van der Waals surface area contributed by atoms with Gasteiger partial charge in [-0.05, 0) is 161 Å². The first kappa shape index (κ1) is 86.1. The summed E-state index contributed by atoms with van der Waals surface area (Å²) in [7, 11) is -1.72. The van der Waals surface area contributed by atoms with Crippen LogP contribution in [0.1, 0.15) is 146 Å². The Hall–Kier alpha value is -6.49. The minimum Gasteiger partial charge on any atom is -0.481 e. The van der Waals surface area contributed by atoms with Gasteiger partial charge in [-0.1, -0.05) is 231 Å². The summed E-state index contributed by atoms with van der Waals surface area (Å²) in [6, 6.07) is 74.5. The Labute approximate surface area is 659 Å². The summed E-state index contributed by atoms with van der Waals surface area (Å²) < 4.78 is 72.9. The summed E-state index contributed by atoms with van der Waals surface area (Å²) >= 11 is -5.94. The van der Waals surface area contributed by atoms with Crippen molar-refractivity contribution in [2.75, 3.05) is 26.3 Å². The van der Waals surface area contributed by atoms with E-state index in [0.717, 1.165) is 70.6 Å². The van der Waals surface area contributed by atoms with Gasteiger partial charge in [-0.25, -0.2) is 0 Å². The number of carbonyl (C=O) groups excluding carboxylic acids is 2. The predicted molar refractivity (Wildman–Crippen MR) is 399 cm³/mol. The van der Waals surface area contributed by atoms with Crippen LogP contribution in [-0.2, 0) is 66.9 Å². The van der Waals surface area contributed by atoms with Gasteiger partial charge in [0.2, 0.25) is 0 Å². The molecule has 562 valence electrons. The molecule has 8 aromatic carbocycles. The number of esters is 2. The van der Waals surface area contributed by atoms with Crippen LogP contribution in [0.25, 0.3) is 22.3 Å². The van der Waals surface area contributed by atoms with E-state index in [1.54, 1.807) is 0 Å². The monoisotopic (exact) mass is 1580 g/mol. The molecular formula is C84H101B2IN3NaO16. The van der Waals surface area contributed by atoms with Gasteiger partial charge >= 0.3 is 55.7 Å². The molecule has 5 aliphatic rings. The van der Waals surface area contributed by atoms with Gasteiger partial charge in [0, 0.05) is 30.8 Å².